The number of carbonyl (C=O) groups is 2. The smallest absolute Gasteiger partial charge is 0.405 e. The average molecular weight is 558 g/mol. The Balaban J connectivity index is 1.51. The summed E-state index contributed by atoms with van der Waals surface area (Å²) in [7, 11) is 0. The third-order valence-corrected chi connectivity index (χ3v) is 5.95. The number of nitrogens with one attached hydrogen (secondary N) is 2. The van der Waals surface area contributed by atoms with Crippen molar-refractivity contribution in [2.45, 2.75) is 45.8 Å². The molecule has 210 valence electrons. The minimum atomic E-state index is -4.55. The third-order valence-electron chi connectivity index (χ3n) is 5.95. The Morgan fingerprint density at radius 3 is 2.48 bits per heavy atom. The van der Waals surface area contributed by atoms with Gasteiger partial charge in [-0.1, -0.05) is 6.07 Å². The summed E-state index contributed by atoms with van der Waals surface area (Å²) in [5.74, 6) is -1.57. The maximum Gasteiger partial charge on any atom is 0.405 e. The molecule has 0 radical (unpaired) electrons. The highest BCUT2D eigenvalue weighted by Crippen LogP contribution is 2.33. The van der Waals surface area contributed by atoms with E-state index in [1.807, 2.05) is 26.1 Å². The van der Waals surface area contributed by atoms with Crippen molar-refractivity contribution >= 4 is 28.4 Å². The Hall–Kier alpha value is -4.48. The summed E-state index contributed by atoms with van der Waals surface area (Å²) in [5, 5.41) is 9.11. The molecule has 0 saturated carbocycles. The highest BCUT2D eigenvalue weighted by molar-refractivity contribution is 5.99. The fourth-order valence-corrected chi connectivity index (χ4v) is 3.86. The van der Waals surface area contributed by atoms with Gasteiger partial charge in [0.2, 0.25) is 5.91 Å². The fraction of sp³-hybridized carbons (Fsp3) is 0.286. The Morgan fingerprint density at radius 2 is 1.80 bits per heavy atom. The molecule has 12 heteroatoms. The molecule has 0 fully saturated rings. The lowest BCUT2D eigenvalue weighted by Gasteiger charge is -2.18. The molecule has 2 aromatic carbocycles. The number of halogens is 4. The standard InChI is InChI=1S/C28H27F4N5O3/c1-16-22(8-6-17(25(16)29)12-24(38)36-19-13-35-37(14-19)27(2,3)4)40-23-9-10-33-21-7-5-18(11-20(21)23)26(39)34-15-28(30,31)32/h5-11,13-14H,12,15H2,1-4H3,(H,34,39)(H,36,38). The molecule has 0 bridgehead atoms. The number of ether oxygens (including phenoxy) is 1. The predicted octanol–water partition coefficient (Wildman–Crippen LogP) is 5.90. The van der Waals surface area contributed by atoms with Crippen LogP contribution in [0.25, 0.3) is 10.9 Å². The lowest BCUT2D eigenvalue weighted by molar-refractivity contribution is -0.123. The second-order valence-electron chi connectivity index (χ2n) is 10.2. The first kappa shape index (κ1) is 28.5. The maximum absolute atomic E-state index is 15.3. The molecule has 0 saturated heterocycles. The molecule has 0 aliphatic heterocycles. The molecule has 0 atom stereocenters. The summed E-state index contributed by atoms with van der Waals surface area (Å²) in [6.45, 7) is 5.94. The van der Waals surface area contributed by atoms with Gasteiger partial charge in [0.1, 0.15) is 23.9 Å². The van der Waals surface area contributed by atoms with Crippen molar-refractivity contribution in [2.75, 3.05) is 11.9 Å². The Bertz CT molecular complexity index is 1570. The molecule has 40 heavy (non-hydrogen) atoms. The number of amides is 2. The van der Waals surface area contributed by atoms with E-state index < -0.39 is 30.4 Å². The van der Waals surface area contributed by atoms with Gasteiger partial charge in [0.05, 0.1) is 29.4 Å². The Labute approximate surface area is 227 Å². The summed E-state index contributed by atoms with van der Waals surface area (Å²) in [6.07, 6.45) is -0.102. The minimum absolute atomic E-state index is 0.0214. The average Bonchev–Trinajstić information content (AvgIpc) is 3.35. The molecule has 0 aliphatic rings. The summed E-state index contributed by atoms with van der Waals surface area (Å²) in [6, 6.07) is 8.64. The predicted molar refractivity (Wildman–Crippen MR) is 141 cm³/mol. The van der Waals surface area contributed by atoms with Gasteiger partial charge in [-0.3, -0.25) is 19.3 Å². The van der Waals surface area contributed by atoms with Gasteiger partial charge >= 0.3 is 6.18 Å². The van der Waals surface area contributed by atoms with Crippen LogP contribution < -0.4 is 15.4 Å². The number of anilines is 1. The van der Waals surface area contributed by atoms with Crippen LogP contribution in [-0.4, -0.2) is 39.3 Å². The van der Waals surface area contributed by atoms with Crippen molar-refractivity contribution in [3.63, 3.8) is 0 Å². The summed E-state index contributed by atoms with van der Waals surface area (Å²) in [5.41, 5.74) is 0.943. The van der Waals surface area contributed by atoms with Crippen LogP contribution in [0.15, 0.2) is 55.0 Å². The minimum Gasteiger partial charge on any atom is -0.456 e. The van der Waals surface area contributed by atoms with Crippen LogP contribution in [0.5, 0.6) is 11.5 Å². The van der Waals surface area contributed by atoms with Gasteiger partial charge < -0.3 is 15.4 Å². The van der Waals surface area contributed by atoms with Crippen LogP contribution in [0.4, 0.5) is 23.2 Å². The number of rotatable bonds is 7. The van der Waals surface area contributed by atoms with Crippen LogP contribution >= 0.6 is 0 Å². The van der Waals surface area contributed by atoms with Gasteiger partial charge in [-0.05, 0) is 63.6 Å². The third kappa shape index (κ3) is 6.74. The van der Waals surface area contributed by atoms with Crippen LogP contribution in [-0.2, 0) is 16.8 Å². The number of fused-ring (bicyclic) bond motifs is 1. The van der Waals surface area contributed by atoms with Crippen molar-refractivity contribution in [1.29, 1.82) is 0 Å². The molecular formula is C28H27F4N5O3. The molecule has 2 aromatic heterocycles. The van der Waals surface area contributed by atoms with E-state index in [0.29, 0.717) is 16.6 Å². The van der Waals surface area contributed by atoms with Gasteiger partial charge in [-0.25, -0.2) is 4.39 Å². The Kier molecular flexibility index (Phi) is 7.81. The van der Waals surface area contributed by atoms with E-state index in [1.165, 1.54) is 55.7 Å². The highest BCUT2D eigenvalue weighted by Gasteiger charge is 2.28. The molecule has 0 spiro atoms. The van der Waals surface area contributed by atoms with Crippen LogP contribution in [0.3, 0.4) is 0 Å². The SMILES string of the molecule is Cc1c(Oc2ccnc3ccc(C(=O)NCC(F)(F)F)cc23)ccc(CC(=O)Nc2cnn(C(C)(C)C)c2)c1F. The van der Waals surface area contributed by atoms with Crippen molar-refractivity contribution in [3.05, 3.63) is 77.5 Å². The first-order valence-corrected chi connectivity index (χ1v) is 12.3. The van der Waals surface area contributed by atoms with E-state index in [-0.39, 0.29) is 40.1 Å². The number of pyridine rings is 1. The topological polar surface area (TPSA) is 98.1 Å². The van der Waals surface area contributed by atoms with E-state index >= 15 is 4.39 Å². The number of nitrogens with zero attached hydrogens (tertiary/aromatic N) is 3. The zero-order valence-electron chi connectivity index (χ0n) is 22.2. The normalized spacial score (nSPS) is 11.9. The largest absolute Gasteiger partial charge is 0.456 e. The van der Waals surface area contributed by atoms with E-state index in [2.05, 4.69) is 15.4 Å². The second kappa shape index (κ2) is 10.9. The van der Waals surface area contributed by atoms with E-state index in [9.17, 15) is 22.8 Å². The first-order chi connectivity index (χ1) is 18.7. The van der Waals surface area contributed by atoms with E-state index in [1.54, 1.807) is 10.9 Å². The second-order valence-corrected chi connectivity index (χ2v) is 10.2. The molecule has 0 aliphatic carbocycles. The number of carbonyl (C=O) groups excluding carboxylic acids is 2. The highest BCUT2D eigenvalue weighted by atomic mass is 19.4. The van der Waals surface area contributed by atoms with Crippen LogP contribution in [0.1, 0.15) is 42.3 Å². The molecule has 4 aromatic rings. The number of hydrogen-bond acceptors (Lipinski definition) is 5. The number of benzene rings is 2. The zero-order valence-corrected chi connectivity index (χ0v) is 22.2. The van der Waals surface area contributed by atoms with E-state index in [0.717, 1.165) is 0 Å². The lowest BCUT2D eigenvalue weighted by Crippen LogP contribution is -2.33. The van der Waals surface area contributed by atoms with Gasteiger partial charge in [-0.2, -0.15) is 18.3 Å². The summed E-state index contributed by atoms with van der Waals surface area (Å²) < 4.78 is 60.4. The molecule has 2 amide bonds. The van der Waals surface area contributed by atoms with Gasteiger partial charge in [-0.15, -0.1) is 0 Å². The van der Waals surface area contributed by atoms with Crippen molar-refractivity contribution in [2.24, 2.45) is 0 Å². The van der Waals surface area contributed by atoms with E-state index in [4.69, 9.17) is 4.74 Å². The monoisotopic (exact) mass is 557 g/mol. The molecular weight excluding hydrogens is 530 g/mol. The number of aromatic nitrogens is 3. The molecule has 8 nitrogen and oxygen atoms in total. The van der Waals surface area contributed by atoms with Crippen molar-refractivity contribution in [3.8, 4) is 11.5 Å². The van der Waals surface area contributed by atoms with Gasteiger partial charge in [0, 0.05) is 28.9 Å². The fourth-order valence-electron chi connectivity index (χ4n) is 3.86. The summed E-state index contributed by atoms with van der Waals surface area (Å²) in [4.78, 5) is 29.0. The van der Waals surface area contributed by atoms with Gasteiger partial charge in [0.15, 0.2) is 0 Å². The van der Waals surface area contributed by atoms with Crippen LogP contribution in [0, 0.1) is 12.7 Å². The van der Waals surface area contributed by atoms with Crippen LogP contribution in [0.2, 0.25) is 0 Å². The molecule has 0 unspecified atom stereocenters. The lowest BCUT2D eigenvalue weighted by atomic mass is 10.1. The maximum atomic E-state index is 15.3. The van der Waals surface area contributed by atoms with Gasteiger partial charge in [0.25, 0.3) is 5.91 Å². The number of alkyl halides is 3. The molecule has 2 heterocycles. The molecule has 4 rings (SSSR count). The van der Waals surface area contributed by atoms with Crippen molar-refractivity contribution < 1.29 is 31.9 Å². The Morgan fingerprint density at radius 1 is 1.05 bits per heavy atom. The first-order valence-electron chi connectivity index (χ1n) is 12.3. The quantitative estimate of drug-likeness (QED) is 0.276. The zero-order chi connectivity index (χ0) is 29.2. The molecule has 2 N–H and O–H groups in total. The van der Waals surface area contributed by atoms with Crippen molar-refractivity contribution in [1.82, 2.24) is 20.1 Å². The number of hydrogen-bond donors (Lipinski definition) is 2. The summed E-state index contributed by atoms with van der Waals surface area (Å²) >= 11 is 0.